The van der Waals surface area contributed by atoms with Crippen molar-refractivity contribution in [2.75, 3.05) is 42.9 Å². The summed E-state index contributed by atoms with van der Waals surface area (Å²) in [6, 6.07) is 25.4. The average Bonchev–Trinajstić information content (AvgIpc) is 3.09. The molecule has 2 saturated heterocycles. The highest BCUT2D eigenvalue weighted by Gasteiger charge is 2.34. The number of pyridine rings is 1. The predicted octanol–water partition coefficient (Wildman–Crippen LogP) is 5.10. The minimum absolute atomic E-state index is 0.0242. The number of aromatic nitrogens is 1. The van der Waals surface area contributed by atoms with E-state index in [0.717, 1.165) is 55.1 Å². The number of ether oxygens (including phenoxy) is 2. The lowest BCUT2D eigenvalue weighted by Crippen LogP contribution is -2.49. The van der Waals surface area contributed by atoms with Gasteiger partial charge in [0.2, 0.25) is 0 Å². The number of hydrogen-bond donors (Lipinski definition) is 2. The van der Waals surface area contributed by atoms with Crippen LogP contribution in [0.1, 0.15) is 45.9 Å². The van der Waals surface area contributed by atoms with Crippen molar-refractivity contribution >= 4 is 23.0 Å². The molecular formula is C34H35N5O6. The minimum Gasteiger partial charge on any atom is -0.392 e. The molecule has 0 bridgehead atoms. The van der Waals surface area contributed by atoms with E-state index in [9.17, 15) is 20.0 Å². The lowest BCUT2D eigenvalue weighted by molar-refractivity contribution is -0.384. The van der Waals surface area contributed by atoms with Crippen molar-refractivity contribution in [1.82, 2.24) is 9.88 Å². The Morgan fingerprint density at radius 2 is 1.73 bits per heavy atom. The lowest BCUT2D eigenvalue weighted by Gasteiger charge is -2.41. The van der Waals surface area contributed by atoms with Crippen LogP contribution in [0, 0.1) is 10.1 Å². The zero-order chi connectivity index (χ0) is 31.2. The molecule has 11 heteroatoms. The summed E-state index contributed by atoms with van der Waals surface area (Å²) in [5.74, 6) is -0.252. The second-order valence-electron chi connectivity index (χ2n) is 11.2. The SMILES string of the molecule is O=C(Nc1cccc([C@H]2O[C@@H](CN3CCN(c4ccc([N+](=O)[O-])cc4)CC3)C[C@@H](c3ccc(CO)cc3)O2)c1)c1cccnc1. The van der Waals surface area contributed by atoms with E-state index in [1.165, 1.54) is 6.20 Å². The van der Waals surface area contributed by atoms with Crippen LogP contribution in [0.5, 0.6) is 0 Å². The van der Waals surface area contributed by atoms with Crippen molar-refractivity contribution in [2.45, 2.75) is 31.5 Å². The molecule has 232 valence electrons. The number of aliphatic hydroxyl groups is 1. The molecule has 2 aliphatic heterocycles. The zero-order valence-corrected chi connectivity index (χ0v) is 24.7. The van der Waals surface area contributed by atoms with Crippen molar-refractivity contribution in [1.29, 1.82) is 0 Å². The number of aliphatic hydroxyl groups excluding tert-OH is 1. The number of nitro groups is 1. The molecular weight excluding hydrogens is 574 g/mol. The standard InChI is InChI=1S/C34H35N5O6/c40-23-24-6-8-25(9-7-24)32-20-31(22-37-15-17-38(18-16-37)29-10-12-30(13-11-29)39(42)43)44-34(45-32)26-3-1-5-28(19-26)36-33(41)27-4-2-14-35-21-27/h1-14,19,21,31-32,34,40H,15-18,20,22-23H2,(H,36,41)/t31-,32+,34+/m1/s1. The van der Waals surface area contributed by atoms with E-state index in [1.807, 2.05) is 48.5 Å². The number of hydrogen-bond acceptors (Lipinski definition) is 9. The normalized spacial score (nSPS) is 20.5. The maximum Gasteiger partial charge on any atom is 0.269 e. The first-order valence-electron chi connectivity index (χ1n) is 15.0. The molecule has 0 unspecified atom stereocenters. The Hall–Kier alpha value is -4.68. The number of nitrogens with zero attached hydrogens (tertiary/aromatic N) is 4. The quantitative estimate of drug-likeness (QED) is 0.197. The van der Waals surface area contributed by atoms with Crippen LogP contribution in [-0.4, -0.2) is 64.6 Å². The highest BCUT2D eigenvalue weighted by molar-refractivity contribution is 6.04. The van der Waals surface area contributed by atoms with Crippen molar-refractivity contribution < 1.29 is 24.3 Å². The van der Waals surface area contributed by atoms with Gasteiger partial charge in [0.05, 0.1) is 29.3 Å². The molecule has 0 spiro atoms. The molecule has 0 saturated carbocycles. The van der Waals surface area contributed by atoms with Crippen LogP contribution >= 0.6 is 0 Å². The topological polar surface area (TPSA) is 130 Å². The number of anilines is 2. The van der Waals surface area contributed by atoms with Crippen molar-refractivity contribution in [3.63, 3.8) is 0 Å². The van der Waals surface area contributed by atoms with Gasteiger partial charge in [0.15, 0.2) is 6.29 Å². The summed E-state index contributed by atoms with van der Waals surface area (Å²) in [5.41, 5.74) is 4.80. The van der Waals surface area contributed by atoms with E-state index in [0.29, 0.717) is 17.7 Å². The van der Waals surface area contributed by atoms with Gasteiger partial charge in [-0.1, -0.05) is 36.4 Å². The zero-order valence-electron chi connectivity index (χ0n) is 24.7. The van der Waals surface area contributed by atoms with E-state index >= 15 is 0 Å². The summed E-state index contributed by atoms with van der Waals surface area (Å²) >= 11 is 0. The Morgan fingerprint density at radius 1 is 0.956 bits per heavy atom. The number of amides is 1. The average molecular weight is 610 g/mol. The molecule has 1 amide bonds. The first kappa shape index (κ1) is 30.4. The van der Waals surface area contributed by atoms with Gasteiger partial charge in [-0.25, -0.2) is 0 Å². The van der Waals surface area contributed by atoms with Crippen LogP contribution in [0.2, 0.25) is 0 Å². The Kier molecular flexibility index (Phi) is 9.41. The summed E-state index contributed by atoms with van der Waals surface area (Å²) in [5, 5.41) is 23.5. The molecule has 1 aromatic heterocycles. The van der Waals surface area contributed by atoms with Gasteiger partial charge >= 0.3 is 0 Å². The van der Waals surface area contributed by atoms with Crippen molar-refractivity contribution in [3.8, 4) is 0 Å². The van der Waals surface area contributed by atoms with Crippen LogP contribution in [-0.2, 0) is 16.1 Å². The van der Waals surface area contributed by atoms with Crippen LogP contribution < -0.4 is 10.2 Å². The maximum absolute atomic E-state index is 12.8. The molecule has 45 heavy (non-hydrogen) atoms. The van der Waals surface area contributed by atoms with E-state index in [-0.39, 0.29) is 35.3 Å². The summed E-state index contributed by atoms with van der Waals surface area (Å²) < 4.78 is 13.1. The van der Waals surface area contributed by atoms with E-state index in [1.54, 1.807) is 42.6 Å². The summed E-state index contributed by atoms with van der Waals surface area (Å²) in [7, 11) is 0. The highest BCUT2D eigenvalue weighted by atomic mass is 16.7. The number of non-ortho nitro benzene ring substituents is 1. The van der Waals surface area contributed by atoms with E-state index in [4.69, 9.17) is 9.47 Å². The largest absolute Gasteiger partial charge is 0.392 e. The van der Waals surface area contributed by atoms with Crippen molar-refractivity contribution in [3.05, 3.63) is 130 Å². The van der Waals surface area contributed by atoms with Gasteiger partial charge in [-0.15, -0.1) is 0 Å². The molecule has 11 nitrogen and oxygen atoms in total. The Morgan fingerprint density at radius 3 is 2.42 bits per heavy atom. The van der Waals surface area contributed by atoms with Crippen LogP contribution in [0.4, 0.5) is 17.1 Å². The van der Waals surface area contributed by atoms with Crippen LogP contribution in [0.25, 0.3) is 0 Å². The predicted molar refractivity (Wildman–Crippen MR) is 169 cm³/mol. The summed E-state index contributed by atoms with van der Waals surface area (Å²) in [6.07, 6.45) is 2.81. The third-order valence-electron chi connectivity index (χ3n) is 8.22. The van der Waals surface area contributed by atoms with Gasteiger partial charge in [0.25, 0.3) is 11.6 Å². The summed E-state index contributed by atoms with van der Waals surface area (Å²) in [4.78, 5) is 32.0. The first-order valence-corrected chi connectivity index (χ1v) is 15.0. The Balaban J connectivity index is 1.15. The van der Waals surface area contributed by atoms with E-state index < -0.39 is 6.29 Å². The monoisotopic (exact) mass is 609 g/mol. The number of nitrogens with one attached hydrogen (secondary N) is 1. The number of carbonyl (C=O) groups excluding carboxylic acids is 1. The molecule has 6 rings (SSSR count). The number of rotatable bonds is 9. The molecule has 2 N–H and O–H groups in total. The summed E-state index contributed by atoms with van der Waals surface area (Å²) in [6.45, 7) is 3.95. The molecule has 3 heterocycles. The fourth-order valence-electron chi connectivity index (χ4n) is 5.76. The number of nitro benzene ring substituents is 1. The smallest absolute Gasteiger partial charge is 0.269 e. The van der Waals surface area contributed by atoms with Crippen LogP contribution in [0.15, 0.2) is 97.3 Å². The fourth-order valence-corrected chi connectivity index (χ4v) is 5.76. The Labute approximate surface area is 261 Å². The van der Waals surface area contributed by atoms with Crippen LogP contribution in [0.3, 0.4) is 0 Å². The molecule has 0 radical (unpaired) electrons. The lowest BCUT2D eigenvalue weighted by atomic mass is 9.99. The molecule has 4 aromatic rings. The van der Waals surface area contributed by atoms with Gasteiger partial charge in [0, 0.05) is 80.6 Å². The van der Waals surface area contributed by atoms with Gasteiger partial charge < -0.3 is 24.8 Å². The number of benzene rings is 3. The number of carbonyl (C=O) groups is 1. The fraction of sp³-hybridized carbons (Fsp3) is 0.294. The van der Waals surface area contributed by atoms with E-state index in [2.05, 4.69) is 20.1 Å². The van der Waals surface area contributed by atoms with Gasteiger partial charge in [-0.2, -0.15) is 0 Å². The Bertz CT molecular complexity index is 1590. The third kappa shape index (κ3) is 7.52. The molecule has 3 aromatic carbocycles. The number of piperazine rings is 1. The second-order valence-corrected chi connectivity index (χ2v) is 11.2. The van der Waals surface area contributed by atoms with Gasteiger partial charge in [0.1, 0.15) is 0 Å². The third-order valence-corrected chi connectivity index (χ3v) is 8.22. The molecule has 2 fully saturated rings. The van der Waals surface area contributed by atoms with Gasteiger partial charge in [-0.05, 0) is 47.5 Å². The van der Waals surface area contributed by atoms with Gasteiger partial charge in [-0.3, -0.25) is 24.8 Å². The maximum atomic E-state index is 12.8. The highest BCUT2D eigenvalue weighted by Crippen LogP contribution is 2.39. The van der Waals surface area contributed by atoms with Crippen molar-refractivity contribution in [2.24, 2.45) is 0 Å². The minimum atomic E-state index is -0.650. The molecule has 0 aliphatic carbocycles. The molecule has 3 atom stereocenters. The first-order chi connectivity index (χ1) is 21.9. The molecule has 2 aliphatic rings. The second kappa shape index (κ2) is 14.0.